The van der Waals surface area contributed by atoms with Gasteiger partial charge in [-0.05, 0) is 30.7 Å². The van der Waals surface area contributed by atoms with E-state index in [1.54, 1.807) is 18.2 Å². The number of anilines is 1. The van der Waals surface area contributed by atoms with Gasteiger partial charge in [0.05, 0.1) is 18.6 Å². The Morgan fingerprint density at radius 1 is 0.622 bits per heavy atom. The van der Waals surface area contributed by atoms with Gasteiger partial charge in [0.15, 0.2) is 5.78 Å². The predicted octanol–water partition coefficient (Wildman–Crippen LogP) is 9.54. The lowest BCUT2D eigenvalue weighted by molar-refractivity contribution is -0.115. The van der Waals surface area contributed by atoms with Crippen LogP contribution in [-0.4, -0.2) is 18.3 Å². The molecule has 4 heteroatoms. The van der Waals surface area contributed by atoms with Crippen molar-refractivity contribution in [2.24, 2.45) is 0 Å². The first-order chi connectivity index (χ1) is 18.2. The molecule has 4 nitrogen and oxygen atoms in total. The Morgan fingerprint density at radius 2 is 1.11 bits per heavy atom. The van der Waals surface area contributed by atoms with Crippen molar-refractivity contribution >= 4 is 17.4 Å². The van der Waals surface area contributed by atoms with Crippen LogP contribution in [0.1, 0.15) is 126 Å². The summed E-state index contributed by atoms with van der Waals surface area (Å²) in [6, 6.07) is 16.4. The number of hydrogen-bond acceptors (Lipinski definition) is 3. The molecule has 0 unspecified atom stereocenters. The highest BCUT2D eigenvalue weighted by molar-refractivity contribution is 6.12. The maximum absolute atomic E-state index is 12.7. The Bertz CT molecular complexity index is 865. The lowest BCUT2D eigenvalue weighted by atomic mass is 10.0. The molecule has 0 aliphatic heterocycles. The second-order valence-corrected chi connectivity index (χ2v) is 10.2. The van der Waals surface area contributed by atoms with Crippen LogP contribution in [0.5, 0.6) is 5.75 Å². The first kappa shape index (κ1) is 30.6. The normalized spacial score (nSPS) is 10.8. The van der Waals surface area contributed by atoms with Crippen LogP contribution in [0.15, 0.2) is 54.6 Å². The van der Waals surface area contributed by atoms with E-state index in [9.17, 15) is 9.59 Å². The minimum absolute atomic E-state index is 0.200. The topological polar surface area (TPSA) is 55.4 Å². The van der Waals surface area contributed by atoms with Crippen LogP contribution in [0.3, 0.4) is 0 Å². The zero-order chi connectivity index (χ0) is 26.4. The molecule has 1 amide bonds. The fourth-order valence-corrected chi connectivity index (χ4v) is 4.62. The molecule has 2 aromatic rings. The third-order valence-corrected chi connectivity index (χ3v) is 6.82. The molecule has 2 aromatic carbocycles. The zero-order valence-electron chi connectivity index (χ0n) is 23.1. The number of nitrogens with one attached hydrogen (secondary N) is 1. The number of carbonyl (C=O) groups is 2. The van der Waals surface area contributed by atoms with Crippen LogP contribution in [0.25, 0.3) is 0 Å². The Hall–Kier alpha value is -2.62. The van der Waals surface area contributed by atoms with E-state index in [0.29, 0.717) is 23.6 Å². The number of rotatable bonds is 22. The molecule has 0 atom stereocenters. The minimum atomic E-state index is -0.316. The van der Waals surface area contributed by atoms with Gasteiger partial charge in [-0.25, -0.2) is 0 Å². The third-order valence-electron chi connectivity index (χ3n) is 6.82. The average Bonchev–Trinajstić information content (AvgIpc) is 2.91. The number of hydrogen-bond donors (Lipinski definition) is 1. The van der Waals surface area contributed by atoms with Gasteiger partial charge >= 0.3 is 0 Å². The molecule has 0 saturated heterocycles. The van der Waals surface area contributed by atoms with Crippen LogP contribution >= 0.6 is 0 Å². The first-order valence-electron chi connectivity index (χ1n) is 14.8. The monoisotopic (exact) mass is 507 g/mol. The molecule has 0 saturated carbocycles. The summed E-state index contributed by atoms with van der Waals surface area (Å²) in [7, 11) is 0. The van der Waals surface area contributed by atoms with Gasteiger partial charge < -0.3 is 10.1 Å². The second-order valence-electron chi connectivity index (χ2n) is 10.2. The van der Waals surface area contributed by atoms with Gasteiger partial charge in [-0.3, -0.25) is 9.59 Å². The van der Waals surface area contributed by atoms with Gasteiger partial charge in [0, 0.05) is 5.69 Å². The number of carbonyl (C=O) groups excluding carboxylic acids is 2. The van der Waals surface area contributed by atoms with E-state index in [1.165, 1.54) is 89.9 Å². The number of ether oxygens (including phenoxy) is 1. The van der Waals surface area contributed by atoms with E-state index in [0.717, 1.165) is 12.8 Å². The molecule has 0 aromatic heterocycles. The molecule has 1 N–H and O–H groups in total. The molecule has 2 rings (SSSR count). The third kappa shape index (κ3) is 14.6. The van der Waals surface area contributed by atoms with Crippen molar-refractivity contribution in [3.63, 3.8) is 0 Å². The highest BCUT2D eigenvalue weighted by atomic mass is 16.5. The van der Waals surface area contributed by atoms with E-state index < -0.39 is 0 Å². The van der Waals surface area contributed by atoms with Crippen molar-refractivity contribution in [3.8, 4) is 5.75 Å². The molecule has 0 fully saturated rings. The van der Waals surface area contributed by atoms with Crippen LogP contribution in [0.4, 0.5) is 5.69 Å². The molecule has 0 bridgehead atoms. The second kappa shape index (κ2) is 20.4. The summed E-state index contributed by atoms with van der Waals surface area (Å²) < 4.78 is 5.92. The molecule has 0 aliphatic carbocycles. The van der Waals surface area contributed by atoms with Gasteiger partial charge in [-0.2, -0.15) is 0 Å². The van der Waals surface area contributed by atoms with Gasteiger partial charge in [0.2, 0.25) is 5.91 Å². The van der Waals surface area contributed by atoms with Crippen LogP contribution in [0.2, 0.25) is 0 Å². The van der Waals surface area contributed by atoms with Gasteiger partial charge in [0.25, 0.3) is 0 Å². The Morgan fingerprint density at radius 3 is 1.68 bits per heavy atom. The number of unbranched alkanes of at least 4 members (excludes halogenated alkanes) is 15. The highest BCUT2D eigenvalue weighted by Gasteiger charge is 2.16. The van der Waals surface area contributed by atoms with Crippen LogP contribution in [0, 0.1) is 0 Å². The molecular weight excluding hydrogens is 458 g/mol. The Labute approximate surface area is 225 Å². The van der Waals surface area contributed by atoms with E-state index in [4.69, 9.17) is 4.74 Å². The smallest absolute Gasteiger partial charge is 0.232 e. The van der Waals surface area contributed by atoms with Crippen molar-refractivity contribution < 1.29 is 14.3 Å². The molecule has 0 spiro atoms. The fraction of sp³-hybridized carbons (Fsp3) is 0.576. The van der Waals surface area contributed by atoms with Gasteiger partial charge in [0.1, 0.15) is 5.75 Å². The minimum Gasteiger partial charge on any atom is -0.493 e. The summed E-state index contributed by atoms with van der Waals surface area (Å²) in [6.45, 7) is 2.87. The highest BCUT2D eigenvalue weighted by Crippen LogP contribution is 2.21. The standard InChI is InChI=1S/C33H49NO3/c1-2-3-4-5-6-7-8-9-10-11-12-13-14-15-16-22-27-37-32-26-21-20-25-30(32)31(35)28-33(36)34-29-23-18-17-19-24-29/h17-21,23-26H,2-16,22,27-28H2,1H3,(H,34,36). The van der Waals surface area contributed by atoms with Crippen LogP contribution < -0.4 is 10.1 Å². The van der Waals surface area contributed by atoms with E-state index >= 15 is 0 Å². The number of benzene rings is 2. The van der Waals surface area contributed by atoms with Crippen LogP contribution in [-0.2, 0) is 4.79 Å². The van der Waals surface area contributed by atoms with Crippen molar-refractivity contribution in [2.45, 2.75) is 116 Å². The summed E-state index contributed by atoms with van der Waals surface area (Å²) in [4.78, 5) is 25.0. The zero-order valence-corrected chi connectivity index (χ0v) is 23.1. The van der Waals surface area contributed by atoms with Crippen molar-refractivity contribution in [3.05, 3.63) is 60.2 Å². The summed E-state index contributed by atoms with van der Waals surface area (Å²) in [6.07, 6.45) is 21.2. The van der Waals surface area contributed by atoms with Gasteiger partial charge in [-0.15, -0.1) is 0 Å². The lowest BCUT2D eigenvalue weighted by Crippen LogP contribution is -2.17. The number of ketones is 1. The first-order valence-corrected chi connectivity index (χ1v) is 14.8. The maximum Gasteiger partial charge on any atom is 0.232 e. The van der Waals surface area contributed by atoms with Crippen molar-refractivity contribution in [1.82, 2.24) is 0 Å². The SMILES string of the molecule is CCCCCCCCCCCCCCCCCCOc1ccccc1C(=O)CC(=O)Nc1ccccc1. The largest absolute Gasteiger partial charge is 0.493 e. The average molecular weight is 508 g/mol. The molecular formula is C33H49NO3. The predicted molar refractivity (Wildman–Crippen MR) is 156 cm³/mol. The molecule has 0 heterocycles. The lowest BCUT2D eigenvalue weighted by Gasteiger charge is -2.11. The molecule has 37 heavy (non-hydrogen) atoms. The summed E-state index contributed by atoms with van der Waals surface area (Å²) in [5.41, 5.74) is 1.16. The quantitative estimate of drug-likeness (QED) is 0.0980. The van der Waals surface area contributed by atoms with Crippen molar-refractivity contribution in [2.75, 3.05) is 11.9 Å². The maximum atomic E-state index is 12.7. The number of amides is 1. The summed E-state index contributed by atoms with van der Waals surface area (Å²) in [5, 5.41) is 2.76. The van der Waals surface area contributed by atoms with E-state index in [1.807, 2.05) is 36.4 Å². The van der Waals surface area contributed by atoms with E-state index in [2.05, 4.69) is 12.2 Å². The van der Waals surface area contributed by atoms with Gasteiger partial charge in [-0.1, -0.05) is 134 Å². The Balaban J connectivity index is 1.49. The molecule has 0 radical (unpaired) electrons. The fourth-order valence-electron chi connectivity index (χ4n) is 4.62. The summed E-state index contributed by atoms with van der Waals surface area (Å²) >= 11 is 0. The molecule has 0 aliphatic rings. The summed E-state index contributed by atoms with van der Waals surface area (Å²) in [5.74, 6) is 0.0285. The van der Waals surface area contributed by atoms with E-state index in [-0.39, 0.29) is 18.1 Å². The van der Waals surface area contributed by atoms with Crippen molar-refractivity contribution in [1.29, 1.82) is 0 Å². The number of Topliss-reactive ketones (excluding diaryl/α,β-unsaturated/α-hetero) is 1. The number of para-hydroxylation sites is 2. The molecule has 204 valence electrons. The Kier molecular flexibility index (Phi) is 16.9.